The van der Waals surface area contributed by atoms with E-state index in [0.717, 1.165) is 0 Å². The van der Waals surface area contributed by atoms with Crippen LogP contribution in [0.3, 0.4) is 0 Å². The molecule has 6 heteroatoms. The summed E-state index contributed by atoms with van der Waals surface area (Å²) in [6, 6.07) is 11.1. The second-order valence-electron chi connectivity index (χ2n) is 5.23. The molecule has 2 aromatic carbocycles. The molecule has 2 aromatic rings. The summed E-state index contributed by atoms with van der Waals surface area (Å²) in [7, 11) is 0. The molecule has 0 aromatic heterocycles. The number of nitrogens with one attached hydrogen (secondary N) is 1. The predicted octanol–water partition coefficient (Wildman–Crippen LogP) is 2.74. The highest BCUT2D eigenvalue weighted by molar-refractivity contribution is 5.96. The topological polar surface area (TPSA) is 49.4 Å². The summed E-state index contributed by atoms with van der Waals surface area (Å²) in [5.41, 5.74) is 0.951. The normalized spacial score (nSPS) is 10.3. The minimum absolute atomic E-state index is 0.181. The zero-order chi connectivity index (χ0) is 17.5. The van der Waals surface area contributed by atoms with Crippen LogP contribution in [-0.4, -0.2) is 29.8 Å². The van der Waals surface area contributed by atoms with Gasteiger partial charge in [-0.15, -0.1) is 0 Å². The Hall–Kier alpha value is -2.76. The van der Waals surface area contributed by atoms with Crippen molar-refractivity contribution in [2.24, 2.45) is 0 Å². The maximum Gasteiger partial charge on any atom is 0.251 e. The lowest BCUT2D eigenvalue weighted by atomic mass is 10.2. The van der Waals surface area contributed by atoms with E-state index in [1.54, 1.807) is 19.1 Å². The predicted molar refractivity (Wildman–Crippen MR) is 86.2 cm³/mol. The second kappa shape index (κ2) is 8.19. The third-order valence-electron chi connectivity index (χ3n) is 3.50. The van der Waals surface area contributed by atoms with Crippen LogP contribution in [0, 0.1) is 11.6 Å². The molecule has 0 heterocycles. The van der Waals surface area contributed by atoms with E-state index >= 15 is 0 Å². The molecule has 0 aliphatic carbocycles. The smallest absolute Gasteiger partial charge is 0.251 e. The Morgan fingerprint density at radius 3 is 2.38 bits per heavy atom. The standard InChI is InChI=1S/C18H18F2N2O2/c1-2-22(12-13-4-3-5-16(20)10-13)17(23)11-21-18(24)14-6-8-15(19)9-7-14/h3-10H,2,11-12H2,1H3,(H,21,24). The van der Waals surface area contributed by atoms with Crippen molar-refractivity contribution in [2.75, 3.05) is 13.1 Å². The lowest BCUT2D eigenvalue weighted by molar-refractivity contribution is -0.130. The van der Waals surface area contributed by atoms with Gasteiger partial charge in [0.15, 0.2) is 0 Å². The van der Waals surface area contributed by atoms with Gasteiger partial charge < -0.3 is 10.2 Å². The first kappa shape index (κ1) is 17.6. The van der Waals surface area contributed by atoms with Crippen LogP contribution in [0.2, 0.25) is 0 Å². The van der Waals surface area contributed by atoms with Gasteiger partial charge in [0.1, 0.15) is 11.6 Å². The molecule has 0 saturated carbocycles. The molecule has 0 bridgehead atoms. The monoisotopic (exact) mass is 332 g/mol. The van der Waals surface area contributed by atoms with Gasteiger partial charge in [-0.2, -0.15) is 0 Å². The van der Waals surface area contributed by atoms with Gasteiger partial charge in [0.2, 0.25) is 5.91 Å². The van der Waals surface area contributed by atoms with Gasteiger partial charge in [0, 0.05) is 18.7 Å². The number of hydrogen-bond acceptors (Lipinski definition) is 2. The van der Waals surface area contributed by atoms with Crippen molar-refractivity contribution in [1.82, 2.24) is 10.2 Å². The summed E-state index contributed by atoms with van der Waals surface area (Å²) in [5.74, 6) is -1.53. The van der Waals surface area contributed by atoms with Gasteiger partial charge in [-0.25, -0.2) is 8.78 Å². The molecule has 0 aliphatic rings. The average Bonchev–Trinajstić information content (AvgIpc) is 2.58. The van der Waals surface area contributed by atoms with Gasteiger partial charge >= 0.3 is 0 Å². The van der Waals surface area contributed by atoms with Crippen LogP contribution < -0.4 is 5.32 Å². The third-order valence-corrected chi connectivity index (χ3v) is 3.50. The Morgan fingerprint density at radius 2 is 1.75 bits per heavy atom. The quantitative estimate of drug-likeness (QED) is 0.884. The van der Waals surface area contributed by atoms with E-state index in [4.69, 9.17) is 0 Å². The van der Waals surface area contributed by atoms with Gasteiger partial charge in [-0.3, -0.25) is 9.59 Å². The fraction of sp³-hybridized carbons (Fsp3) is 0.222. The van der Waals surface area contributed by atoms with Crippen LogP contribution in [-0.2, 0) is 11.3 Å². The van der Waals surface area contributed by atoms with Crippen LogP contribution in [0.15, 0.2) is 48.5 Å². The Morgan fingerprint density at radius 1 is 1.04 bits per heavy atom. The van der Waals surface area contributed by atoms with Crippen molar-refractivity contribution < 1.29 is 18.4 Å². The number of hydrogen-bond donors (Lipinski definition) is 1. The molecule has 4 nitrogen and oxygen atoms in total. The highest BCUT2D eigenvalue weighted by atomic mass is 19.1. The van der Waals surface area contributed by atoms with Crippen LogP contribution >= 0.6 is 0 Å². The minimum Gasteiger partial charge on any atom is -0.343 e. The van der Waals surface area contributed by atoms with E-state index in [-0.39, 0.29) is 30.4 Å². The van der Waals surface area contributed by atoms with Gasteiger partial charge in [-0.1, -0.05) is 12.1 Å². The van der Waals surface area contributed by atoms with Crippen molar-refractivity contribution in [3.8, 4) is 0 Å². The van der Waals surface area contributed by atoms with Crippen LogP contribution in [0.25, 0.3) is 0 Å². The molecule has 0 radical (unpaired) electrons. The Labute approximate surface area is 139 Å². The zero-order valence-electron chi connectivity index (χ0n) is 13.3. The Kier molecular flexibility index (Phi) is 6.01. The molecule has 0 spiro atoms. The summed E-state index contributed by atoms with van der Waals surface area (Å²) in [6.45, 7) is 2.32. The SMILES string of the molecule is CCN(Cc1cccc(F)c1)C(=O)CNC(=O)c1ccc(F)cc1. The number of carbonyl (C=O) groups excluding carboxylic acids is 2. The minimum atomic E-state index is -0.454. The number of carbonyl (C=O) groups is 2. The summed E-state index contributed by atoms with van der Waals surface area (Å²) in [5, 5.41) is 2.50. The van der Waals surface area contributed by atoms with E-state index in [1.807, 2.05) is 0 Å². The largest absolute Gasteiger partial charge is 0.343 e. The van der Waals surface area contributed by atoms with E-state index in [1.165, 1.54) is 41.3 Å². The number of halogens is 2. The van der Waals surface area contributed by atoms with Crippen molar-refractivity contribution in [1.29, 1.82) is 0 Å². The van der Waals surface area contributed by atoms with Gasteiger partial charge in [-0.05, 0) is 48.9 Å². The fourth-order valence-electron chi connectivity index (χ4n) is 2.20. The van der Waals surface area contributed by atoms with E-state index in [9.17, 15) is 18.4 Å². The van der Waals surface area contributed by atoms with E-state index in [2.05, 4.69) is 5.32 Å². The summed E-state index contributed by atoms with van der Waals surface area (Å²) in [4.78, 5) is 25.6. The van der Waals surface area contributed by atoms with Gasteiger partial charge in [0.25, 0.3) is 5.91 Å². The molecule has 0 unspecified atom stereocenters. The summed E-state index contributed by atoms with van der Waals surface area (Å²) < 4.78 is 26.0. The van der Waals surface area contributed by atoms with E-state index in [0.29, 0.717) is 12.1 Å². The highest BCUT2D eigenvalue weighted by Gasteiger charge is 2.14. The molecule has 24 heavy (non-hydrogen) atoms. The van der Waals surface area contributed by atoms with Crippen molar-refractivity contribution >= 4 is 11.8 Å². The van der Waals surface area contributed by atoms with E-state index < -0.39 is 11.7 Å². The first-order valence-electron chi connectivity index (χ1n) is 7.55. The average molecular weight is 332 g/mol. The van der Waals surface area contributed by atoms with Crippen LogP contribution in [0.5, 0.6) is 0 Å². The molecular weight excluding hydrogens is 314 g/mol. The zero-order valence-corrected chi connectivity index (χ0v) is 13.3. The van der Waals surface area contributed by atoms with Gasteiger partial charge in [0.05, 0.1) is 6.54 Å². The lowest BCUT2D eigenvalue weighted by Crippen LogP contribution is -2.39. The molecule has 1 N–H and O–H groups in total. The number of benzene rings is 2. The van der Waals surface area contributed by atoms with Crippen molar-refractivity contribution in [3.63, 3.8) is 0 Å². The maximum atomic E-state index is 13.2. The molecule has 2 amide bonds. The second-order valence-corrected chi connectivity index (χ2v) is 5.23. The highest BCUT2D eigenvalue weighted by Crippen LogP contribution is 2.08. The Bertz CT molecular complexity index is 717. The maximum absolute atomic E-state index is 13.2. The molecule has 0 atom stereocenters. The molecule has 0 aliphatic heterocycles. The number of amides is 2. The molecule has 2 rings (SSSR count). The van der Waals surface area contributed by atoms with Crippen molar-refractivity contribution in [2.45, 2.75) is 13.5 Å². The number of likely N-dealkylation sites (N-methyl/N-ethyl adjacent to an activating group) is 1. The number of rotatable bonds is 6. The molecule has 126 valence electrons. The lowest BCUT2D eigenvalue weighted by Gasteiger charge is -2.21. The third kappa shape index (κ3) is 4.87. The van der Waals surface area contributed by atoms with Crippen LogP contribution in [0.1, 0.15) is 22.8 Å². The summed E-state index contributed by atoms with van der Waals surface area (Å²) in [6.07, 6.45) is 0. The first-order valence-corrected chi connectivity index (χ1v) is 7.55. The van der Waals surface area contributed by atoms with Crippen molar-refractivity contribution in [3.05, 3.63) is 71.3 Å². The fourth-order valence-corrected chi connectivity index (χ4v) is 2.20. The first-order chi connectivity index (χ1) is 11.5. The summed E-state index contributed by atoms with van der Waals surface area (Å²) >= 11 is 0. The van der Waals surface area contributed by atoms with Crippen LogP contribution in [0.4, 0.5) is 8.78 Å². The Balaban J connectivity index is 1.92. The molecular formula is C18H18F2N2O2. The molecule has 0 fully saturated rings. The molecule has 0 saturated heterocycles. The number of nitrogens with zero attached hydrogens (tertiary/aromatic N) is 1.